The molecule has 0 amide bonds. The van der Waals surface area contributed by atoms with Gasteiger partial charge in [0.1, 0.15) is 12.4 Å². The van der Waals surface area contributed by atoms with Crippen LogP contribution in [-0.2, 0) is 11.3 Å². The van der Waals surface area contributed by atoms with E-state index in [0.717, 1.165) is 0 Å². The minimum atomic E-state index is -0.434. The molecule has 0 aliphatic carbocycles. The third kappa shape index (κ3) is 2.77. The number of hydrogen-bond acceptors (Lipinski definition) is 2. The van der Waals surface area contributed by atoms with Crippen molar-refractivity contribution < 1.29 is 13.9 Å². The molecule has 12 heavy (non-hydrogen) atoms. The van der Waals surface area contributed by atoms with Crippen LogP contribution in [0.3, 0.4) is 0 Å². The van der Waals surface area contributed by atoms with Gasteiger partial charge in [0.25, 0.3) is 0 Å². The van der Waals surface area contributed by atoms with Gasteiger partial charge in [-0.05, 0) is 6.07 Å². The second-order valence-electron chi connectivity index (χ2n) is 2.12. The first-order chi connectivity index (χ1) is 5.70. The Morgan fingerprint density at radius 1 is 1.50 bits per heavy atom. The van der Waals surface area contributed by atoms with E-state index in [1.54, 1.807) is 18.2 Å². The van der Waals surface area contributed by atoms with Crippen LogP contribution in [0.1, 0.15) is 5.56 Å². The molecule has 0 saturated heterocycles. The largest absolute Gasteiger partial charge is 0.453 e. The van der Waals surface area contributed by atoms with Gasteiger partial charge >= 0.3 is 3.98 Å². The van der Waals surface area contributed by atoms with Crippen molar-refractivity contribution in [3.05, 3.63) is 35.6 Å². The Morgan fingerprint density at radius 3 is 2.75 bits per heavy atom. The van der Waals surface area contributed by atoms with Crippen molar-refractivity contribution in [1.82, 2.24) is 0 Å². The fourth-order valence-electron chi connectivity index (χ4n) is 0.750. The number of hydrogen-bond donors (Lipinski definition) is 0. The van der Waals surface area contributed by atoms with Gasteiger partial charge in [-0.1, -0.05) is 18.2 Å². The molecule has 0 aromatic heterocycles. The van der Waals surface area contributed by atoms with Crippen LogP contribution in [0.2, 0.25) is 0 Å². The Morgan fingerprint density at radius 2 is 2.17 bits per heavy atom. The van der Waals surface area contributed by atoms with Gasteiger partial charge < -0.3 is 4.74 Å². The molecule has 0 aliphatic heterocycles. The highest BCUT2D eigenvalue weighted by molar-refractivity contribution is 14.1. The van der Waals surface area contributed by atoms with Crippen LogP contribution in [0.4, 0.5) is 9.18 Å². The number of carbonyl (C=O) groups excluding carboxylic acids is 1. The zero-order valence-corrected chi connectivity index (χ0v) is 8.25. The van der Waals surface area contributed by atoms with Crippen LogP contribution in [0, 0.1) is 5.82 Å². The van der Waals surface area contributed by atoms with Crippen molar-refractivity contribution in [2.24, 2.45) is 0 Å². The van der Waals surface area contributed by atoms with Gasteiger partial charge in [0, 0.05) is 5.56 Å². The van der Waals surface area contributed by atoms with E-state index in [0.29, 0.717) is 5.56 Å². The fourth-order valence-corrected chi connectivity index (χ4v) is 0.906. The van der Waals surface area contributed by atoms with Crippen LogP contribution in [-0.4, -0.2) is 3.98 Å². The number of ether oxygens (including phenoxy) is 1. The lowest BCUT2D eigenvalue weighted by Gasteiger charge is -2.01. The molecular formula is C8H6FIO2. The molecule has 0 atom stereocenters. The van der Waals surface area contributed by atoms with Gasteiger partial charge in [-0.15, -0.1) is 0 Å². The minimum absolute atomic E-state index is 0.00551. The topological polar surface area (TPSA) is 26.3 Å². The first kappa shape index (κ1) is 9.44. The second-order valence-corrected chi connectivity index (χ2v) is 3.00. The van der Waals surface area contributed by atoms with E-state index >= 15 is 0 Å². The Hall–Kier alpha value is -0.650. The van der Waals surface area contributed by atoms with Gasteiger partial charge in [-0.2, -0.15) is 0 Å². The highest BCUT2D eigenvalue weighted by atomic mass is 127. The predicted octanol–water partition coefficient (Wildman–Crippen LogP) is 2.90. The Balaban J connectivity index is 2.63. The molecular weight excluding hydrogens is 274 g/mol. The van der Waals surface area contributed by atoms with Gasteiger partial charge in [0.05, 0.1) is 22.6 Å². The molecule has 1 aromatic rings. The summed E-state index contributed by atoms with van der Waals surface area (Å²) in [6, 6.07) is 6.19. The standard InChI is InChI=1S/C8H6FIO2/c9-7-4-2-1-3-6(7)5-12-8(10)11/h1-4H,5H2. The number of benzene rings is 1. The maximum absolute atomic E-state index is 12.8. The van der Waals surface area contributed by atoms with Crippen LogP contribution in [0.5, 0.6) is 0 Å². The lowest BCUT2D eigenvalue weighted by molar-refractivity contribution is 0.171. The number of halogens is 2. The molecule has 0 saturated carbocycles. The Bertz CT molecular complexity index is 288. The van der Waals surface area contributed by atoms with Gasteiger partial charge in [-0.3, -0.25) is 0 Å². The van der Waals surface area contributed by atoms with Crippen molar-refractivity contribution in [2.45, 2.75) is 6.61 Å². The highest BCUT2D eigenvalue weighted by Crippen LogP contribution is 2.08. The fraction of sp³-hybridized carbons (Fsp3) is 0.125. The average molecular weight is 280 g/mol. The summed E-state index contributed by atoms with van der Waals surface area (Å²) in [5.74, 6) is -0.352. The molecule has 0 spiro atoms. The van der Waals surface area contributed by atoms with Gasteiger partial charge in [0.2, 0.25) is 0 Å². The first-order valence-corrected chi connectivity index (χ1v) is 4.33. The summed E-state index contributed by atoms with van der Waals surface area (Å²) in [4.78, 5) is 10.4. The average Bonchev–Trinajstić information content (AvgIpc) is 2.03. The SMILES string of the molecule is O=C(I)OCc1ccccc1F. The maximum Gasteiger partial charge on any atom is 0.367 e. The van der Waals surface area contributed by atoms with Crippen molar-refractivity contribution in [3.8, 4) is 0 Å². The zero-order valence-electron chi connectivity index (χ0n) is 6.09. The monoisotopic (exact) mass is 280 g/mol. The molecule has 0 N–H and O–H groups in total. The smallest absolute Gasteiger partial charge is 0.367 e. The first-order valence-electron chi connectivity index (χ1n) is 3.26. The lowest BCUT2D eigenvalue weighted by Crippen LogP contribution is -1.96. The van der Waals surface area contributed by atoms with Gasteiger partial charge in [0.15, 0.2) is 0 Å². The summed E-state index contributed by atoms with van der Waals surface area (Å²) < 4.78 is 17.0. The third-order valence-electron chi connectivity index (χ3n) is 1.30. The summed E-state index contributed by atoms with van der Waals surface area (Å²) >= 11 is 1.50. The summed E-state index contributed by atoms with van der Waals surface area (Å²) in [6.07, 6.45) is 0. The molecule has 1 rings (SSSR count). The number of rotatable bonds is 2. The van der Waals surface area contributed by atoms with Crippen LogP contribution < -0.4 is 0 Å². The van der Waals surface area contributed by atoms with E-state index in [1.165, 1.54) is 28.7 Å². The van der Waals surface area contributed by atoms with E-state index in [2.05, 4.69) is 4.74 Å². The van der Waals surface area contributed by atoms with E-state index in [1.807, 2.05) is 0 Å². The molecule has 0 aliphatic rings. The van der Waals surface area contributed by atoms with Crippen molar-refractivity contribution in [3.63, 3.8) is 0 Å². The molecule has 0 bridgehead atoms. The van der Waals surface area contributed by atoms with Crippen LogP contribution in [0.15, 0.2) is 24.3 Å². The molecule has 1 aromatic carbocycles. The molecule has 0 radical (unpaired) electrons. The third-order valence-corrected chi connectivity index (χ3v) is 1.61. The molecule has 64 valence electrons. The summed E-state index contributed by atoms with van der Waals surface area (Å²) in [5, 5.41) is 0. The number of carbonyl (C=O) groups is 1. The molecule has 0 fully saturated rings. The molecule has 4 heteroatoms. The van der Waals surface area contributed by atoms with Gasteiger partial charge in [-0.25, -0.2) is 9.18 Å². The van der Waals surface area contributed by atoms with E-state index in [4.69, 9.17) is 0 Å². The predicted molar refractivity (Wildman–Crippen MR) is 50.6 cm³/mol. The Kier molecular flexibility index (Phi) is 3.46. The van der Waals surface area contributed by atoms with Crippen molar-refractivity contribution in [1.29, 1.82) is 0 Å². The second kappa shape index (κ2) is 4.39. The van der Waals surface area contributed by atoms with E-state index in [9.17, 15) is 9.18 Å². The molecule has 0 heterocycles. The summed E-state index contributed by atoms with van der Waals surface area (Å²) in [5.41, 5.74) is 0.391. The van der Waals surface area contributed by atoms with Crippen LogP contribution >= 0.6 is 22.6 Å². The van der Waals surface area contributed by atoms with Crippen LogP contribution in [0.25, 0.3) is 0 Å². The lowest BCUT2D eigenvalue weighted by atomic mass is 10.2. The summed E-state index contributed by atoms with van der Waals surface area (Å²) in [6.45, 7) is -0.00551. The highest BCUT2D eigenvalue weighted by Gasteiger charge is 2.01. The van der Waals surface area contributed by atoms with Crippen molar-refractivity contribution >= 4 is 26.6 Å². The maximum atomic E-state index is 12.8. The van der Waals surface area contributed by atoms with E-state index < -0.39 is 3.98 Å². The Labute approximate surface area is 82.9 Å². The molecule has 0 unspecified atom stereocenters. The summed E-state index contributed by atoms with van der Waals surface area (Å²) in [7, 11) is 0. The zero-order chi connectivity index (χ0) is 8.97. The minimum Gasteiger partial charge on any atom is -0.453 e. The van der Waals surface area contributed by atoms with E-state index in [-0.39, 0.29) is 12.4 Å². The van der Waals surface area contributed by atoms with Crippen molar-refractivity contribution in [2.75, 3.05) is 0 Å². The quantitative estimate of drug-likeness (QED) is 0.615. The normalized spacial score (nSPS) is 9.50. The molecule has 2 nitrogen and oxygen atoms in total.